The number of alkyl halides is 4. The maximum absolute atomic E-state index is 14.1. The van der Waals surface area contributed by atoms with Gasteiger partial charge in [-0.25, -0.2) is 17.6 Å². The number of halogens is 4. The molecule has 3 aliphatic carbocycles. The van der Waals surface area contributed by atoms with Gasteiger partial charge in [0.05, 0.1) is 12.0 Å². The van der Waals surface area contributed by atoms with Gasteiger partial charge in [-0.05, 0) is 66.2 Å². The van der Waals surface area contributed by atoms with E-state index in [-0.39, 0.29) is 23.6 Å². The number of nitrogens with one attached hydrogen (secondary N) is 3. The average molecular weight is 648 g/mol. The normalized spacial score (nSPS) is 25.5. The predicted octanol–water partition coefficient (Wildman–Crippen LogP) is 4.83. The molecule has 2 aromatic rings. The Bertz CT molecular complexity index is 1450. The summed E-state index contributed by atoms with van der Waals surface area (Å²) < 4.78 is 63.3. The van der Waals surface area contributed by atoms with Gasteiger partial charge in [-0.3, -0.25) is 19.1 Å². The largest absolute Gasteiger partial charge is 0.380 e. The van der Waals surface area contributed by atoms with Gasteiger partial charge in [0.25, 0.3) is 5.91 Å². The fraction of sp³-hybridized carbons (Fsp3) is 0.636. The Labute approximate surface area is 265 Å². The number of aromatic nitrogens is 2. The fourth-order valence-corrected chi connectivity index (χ4v) is 7.67. The molecule has 3 saturated carbocycles. The van der Waals surface area contributed by atoms with Gasteiger partial charge in [0, 0.05) is 57.8 Å². The van der Waals surface area contributed by atoms with Gasteiger partial charge in [0.15, 0.2) is 0 Å². The molecule has 0 radical (unpaired) electrons. The van der Waals surface area contributed by atoms with E-state index in [1.54, 1.807) is 24.3 Å². The smallest absolute Gasteiger partial charge is 0.270 e. The van der Waals surface area contributed by atoms with Crippen molar-refractivity contribution in [3.63, 3.8) is 0 Å². The Morgan fingerprint density at radius 1 is 1.02 bits per heavy atom. The summed E-state index contributed by atoms with van der Waals surface area (Å²) >= 11 is 0. The van der Waals surface area contributed by atoms with Crippen molar-refractivity contribution in [3.8, 4) is 0 Å². The van der Waals surface area contributed by atoms with Crippen molar-refractivity contribution in [3.05, 3.63) is 47.8 Å². The summed E-state index contributed by atoms with van der Waals surface area (Å²) in [7, 11) is 1.54. The summed E-state index contributed by atoms with van der Waals surface area (Å²) in [4.78, 5) is 41.0. The molecule has 9 nitrogen and oxygen atoms in total. The molecule has 1 aromatic carbocycles. The molecule has 3 N–H and O–H groups in total. The van der Waals surface area contributed by atoms with E-state index in [0.29, 0.717) is 30.8 Å². The molecule has 6 rings (SSSR count). The van der Waals surface area contributed by atoms with Crippen LogP contribution in [0.1, 0.15) is 74.3 Å². The summed E-state index contributed by atoms with van der Waals surface area (Å²) in [6.45, 7) is 3.27. The van der Waals surface area contributed by atoms with Crippen molar-refractivity contribution in [2.24, 2.45) is 30.2 Å². The summed E-state index contributed by atoms with van der Waals surface area (Å²) in [5, 5.41) is 12.6. The molecular weight excluding hydrogens is 606 g/mol. The van der Waals surface area contributed by atoms with Gasteiger partial charge < -0.3 is 20.7 Å². The van der Waals surface area contributed by atoms with Crippen molar-refractivity contribution >= 4 is 23.4 Å². The van der Waals surface area contributed by atoms with Crippen LogP contribution in [0.15, 0.2) is 36.5 Å². The Morgan fingerprint density at radius 2 is 1.70 bits per heavy atom. The Kier molecular flexibility index (Phi) is 8.43. The van der Waals surface area contributed by atoms with Gasteiger partial charge >= 0.3 is 0 Å². The monoisotopic (exact) mass is 647 g/mol. The fourth-order valence-electron chi connectivity index (χ4n) is 7.67. The molecule has 4 aliphatic rings. The van der Waals surface area contributed by atoms with Gasteiger partial charge in [0.2, 0.25) is 23.7 Å². The predicted molar refractivity (Wildman–Crippen MR) is 160 cm³/mol. The minimum atomic E-state index is -2.95. The van der Waals surface area contributed by atoms with Gasteiger partial charge in [-0.15, -0.1) is 0 Å². The lowest BCUT2D eigenvalue weighted by molar-refractivity contribution is -0.177. The molecule has 4 fully saturated rings. The first-order valence-electron chi connectivity index (χ1n) is 16.0. The molecule has 46 heavy (non-hydrogen) atoms. The third-order valence-corrected chi connectivity index (χ3v) is 10.7. The lowest BCUT2D eigenvalue weighted by atomic mass is 9.59. The van der Waals surface area contributed by atoms with Crippen LogP contribution in [-0.2, 0) is 26.8 Å². The number of ether oxygens (including phenoxy) is 1. The standard InChI is InChI=1S/C33H41F4N5O4/c1-30(8-4-9-30)18-38-29(45)31(10-12-46-19-31)22-5-3-6-23(13-22)40-28(44)26(41-27(43)24-7-11-39-42(24)2)25(20-14-32(34,35)15-20)21-16-33(36,37)17-21/h3,5-7,11,13,20-21,25-26H,4,8-10,12,14-19H2,1-2H3,(H,38,45)(H,40,44)(H,41,43)/t26-,31?/m0/s1. The van der Waals surface area contributed by atoms with Crippen LogP contribution in [0, 0.1) is 23.2 Å². The zero-order chi connectivity index (χ0) is 32.9. The van der Waals surface area contributed by atoms with Crippen LogP contribution in [0.5, 0.6) is 0 Å². The third-order valence-electron chi connectivity index (χ3n) is 10.7. The van der Waals surface area contributed by atoms with Crippen molar-refractivity contribution in [1.82, 2.24) is 20.4 Å². The van der Waals surface area contributed by atoms with Gasteiger partial charge in [-0.2, -0.15) is 5.10 Å². The molecule has 0 spiro atoms. The number of hydrogen-bond acceptors (Lipinski definition) is 5. The van der Waals surface area contributed by atoms with Gasteiger partial charge in [0.1, 0.15) is 11.7 Å². The van der Waals surface area contributed by atoms with Crippen molar-refractivity contribution < 1.29 is 36.7 Å². The summed E-state index contributed by atoms with van der Waals surface area (Å²) in [6.07, 6.45) is 2.91. The molecule has 250 valence electrons. The van der Waals surface area contributed by atoms with E-state index in [1.807, 2.05) is 0 Å². The van der Waals surface area contributed by atoms with E-state index in [9.17, 15) is 31.9 Å². The quantitative estimate of drug-likeness (QED) is 0.303. The Morgan fingerprint density at radius 3 is 2.22 bits per heavy atom. The van der Waals surface area contributed by atoms with E-state index in [4.69, 9.17) is 4.74 Å². The number of benzene rings is 1. The first kappa shape index (κ1) is 32.5. The number of nitrogens with zero attached hydrogens (tertiary/aromatic N) is 2. The maximum atomic E-state index is 14.1. The van der Waals surface area contributed by atoms with E-state index in [0.717, 1.165) is 19.3 Å². The van der Waals surface area contributed by atoms with Crippen LogP contribution in [0.3, 0.4) is 0 Å². The first-order valence-corrected chi connectivity index (χ1v) is 16.0. The molecular formula is C33H41F4N5O4. The van der Waals surface area contributed by atoms with Crippen molar-refractivity contribution in [2.45, 2.75) is 81.6 Å². The first-order chi connectivity index (χ1) is 21.7. The van der Waals surface area contributed by atoms with E-state index in [2.05, 4.69) is 28.0 Å². The zero-order valence-electron chi connectivity index (χ0n) is 26.1. The second-order valence-corrected chi connectivity index (χ2v) is 14.2. The van der Waals surface area contributed by atoms with E-state index >= 15 is 0 Å². The molecule has 1 aliphatic heterocycles. The Hall–Kier alpha value is -3.48. The van der Waals surface area contributed by atoms with Crippen LogP contribution < -0.4 is 16.0 Å². The van der Waals surface area contributed by atoms with Crippen LogP contribution in [0.4, 0.5) is 23.2 Å². The highest BCUT2D eigenvalue weighted by atomic mass is 19.3. The van der Waals surface area contributed by atoms with E-state index in [1.165, 1.54) is 24.0 Å². The van der Waals surface area contributed by atoms with Crippen molar-refractivity contribution in [1.29, 1.82) is 0 Å². The molecule has 1 aromatic heterocycles. The molecule has 1 saturated heterocycles. The van der Waals surface area contributed by atoms with Crippen LogP contribution in [0.2, 0.25) is 0 Å². The maximum Gasteiger partial charge on any atom is 0.270 e. The number of anilines is 1. The van der Waals surface area contributed by atoms with Crippen LogP contribution in [0.25, 0.3) is 0 Å². The minimum Gasteiger partial charge on any atom is -0.380 e. The molecule has 13 heteroatoms. The molecule has 0 bridgehead atoms. The number of hydrogen-bond donors (Lipinski definition) is 3. The van der Waals surface area contributed by atoms with Crippen LogP contribution >= 0.6 is 0 Å². The van der Waals surface area contributed by atoms with Gasteiger partial charge in [-0.1, -0.05) is 25.5 Å². The topological polar surface area (TPSA) is 114 Å². The number of aryl methyl sites for hydroxylation is 1. The summed E-state index contributed by atoms with van der Waals surface area (Å²) in [6, 6.07) is 6.88. The average Bonchev–Trinajstić information content (AvgIpc) is 3.63. The molecule has 2 atom stereocenters. The number of carbonyl (C=O) groups is 3. The SMILES string of the molecule is Cn1nccc1C(=O)N[C@H](C(=O)Nc1cccc(C2(C(=O)NCC3(C)CCC3)CCOC2)c1)C(C1CC(F)(F)C1)C1CC(F)(F)C1. The van der Waals surface area contributed by atoms with Crippen molar-refractivity contribution in [2.75, 3.05) is 25.1 Å². The molecule has 2 heterocycles. The number of carbonyl (C=O) groups excluding carboxylic acids is 3. The summed E-state index contributed by atoms with van der Waals surface area (Å²) in [5.41, 5.74) is 0.200. The highest BCUT2D eigenvalue weighted by Gasteiger charge is 2.59. The van der Waals surface area contributed by atoms with Crippen LogP contribution in [-0.4, -0.2) is 65.1 Å². The highest BCUT2D eigenvalue weighted by Crippen LogP contribution is 2.55. The lowest BCUT2D eigenvalue weighted by Crippen LogP contribution is -2.59. The lowest BCUT2D eigenvalue weighted by Gasteiger charge is -2.50. The number of amides is 3. The minimum absolute atomic E-state index is 0.0758. The second-order valence-electron chi connectivity index (χ2n) is 14.2. The highest BCUT2D eigenvalue weighted by molar-refractivity contribution is 6.01. The number of rotatable bonds is 11. The third kappa shape index (κ3) is 6.39. The van der Waals surface area contributed by atoms with E-state index < -0.39 is 78.6 Å². The summed E-state index contributed by atoms with van der Waals surface area (Å²) in [5.74, 6) is -9.84. The molecule has 3 amide bonds. The second kappa shape index (κ2) is 12.0. The Balaban J connectivity index is 1.26. The zero-order valence-corrected chi connectivity index (χ0v) is 26.1. The molecule has 1 unspecified atom stereocenters.